The predicted octanol–water partition coefficient (Wildman–Crippen LogP) is 13.2. The van der Waals surface area contributed by atoms with Crippen LogP contribution in [0.3, 0.4) is 0 Å². The lowest BCUT2D eigenvalue weighted by Gasteiger charge is -2.34. The lowest BCUT2D eigenvalue weighted by atomic mass is 10.0. The number of ether oxygens (including phenoxy) is 4. The molecule has 4 aromatic heterocycles. The van der Waals surface area contributed by atoms with Crippen molar-refractivity contribution < 1.29 is 81.3 Å². The van der Waals surface area contributed by atoms with Crippen molar-refractivity contribution in [3.8, 4) is 45.3 Å². The fraction of sp³-hybridized carbons (Fsp3) is 0.343. The quantitative estimate of drug-likeness (QED) is 0.00985. The predicted molar refractivity (Wildman–Crippen MR) is 526 cm³/mol. The van der Waals surface area contributed by atoms with Gasteiger partial charge in [-0.3, -0.25) is 67.2 Å². The number of hydrogen-bond acceptors (Lipinski definition) is 20. The molecule has 2 fully saturated rings. The van der Waals surface area contributed by atoms with Crippen LogP contribution in [-0.4, -0.2) is 194 Å². The van der Waals surface area contributed by atoms with E-state index in [0.717, 1.165) is 84.5 Å². The SMILES string of the molecule is COc1cc2c(cc1OCCCC(=O)Nc1cc(C(=O)Nc3ccc(-c4cc(C(=O)Nc5ccc(N)cc5)n(C)c4)cc3)n(C)c1)NC[C@@H]1CCCCN1C2=O.COc1cc2c(cc1OCCCC(=O)Nc1cc(C(=O)Nc3ccc(-c4cc(C(=O)Nc5ccc(NC(=O)[C@H](C)NC(=O)[C@@H](NC(=O)CCCCCN6C(=O)C=CC6=O)C(C)C)cc5)n(C)c4)cc3)n(C)c1)NC[C@@H]1CCCCN1C2=O. The Morgan fingerprint density at radius 1 is 0.406 bits per heavy atom. The molecule has 36 nitrogen and oxygen atoms in total. The standard InChI is InChI=1S/C60H71N11O11.C42H46N8O6/c1-36(2)55(67-52(73)14-8-7-10-27-71-53(74)24-25-54(71)75)59(79)62-37(3)56(76)64-41-20-22-42(23-21-41)66-57(77)47-29-39(34-68(47)4)38-16-18-40(19-17-38)65-58(78)48-30-43(35-69(48)5)63-51(72)15-12-28-82-50-32-46-45(31-49(50)81-6)60(80)70-26-11-9-13-44(70)33-61-46;1-48-24-27(19-35(48)40(52)47-30-15-11-28(43)12-16-30)26-9-13-29(14-10-26)46-41(53)36-20-31(25-49(36)2)45-39(51)8-6-18-56-38-22-34-33(21-37(38)55-3)42(54)50-17-5-4-7-32(50)23-44-34/h16-25,29-32,34-37,44,55,61H,7-15,26-28,33H2,1-6H3,(H,62,79)(H,63,72)(H,64,76)(H,65,78)(H,66,77)(H,67,73);9-16,19-22,24-25,32,44H,4-8,17-18,23,43H2,1-3H3,(H,45,51)(H,46,53)(H,47,52)/t37-,44-,55-;32-/m00/s1. The third kappa shape index (κ3) is 24.6. The Morgan fingerprint density at radius 3 is 1.22 bits per heavy atom. The van der Waals surface area contributed by atoms with Crippen LogP contribution < -0.4 is 83.2 Å². The largest absolute Gasteiger partial charge is 0.493 e. The van der Waals surface area contributed by atoms with Crippen LogP contribution in [0, 0.1) is 5.92 Å². The number of amides is 13. The molecule has 9 heterocycles. The van der Waals surface area contributed by atoms with Crippen LogP contribution in [0.25, 0.3) is 22.3 Å². The van der Waals surface area contributed by atoms with Gasteiger partial charge in [-0.15, -0.1) is 0 Å². The number of benzene rings is 6. The van der Waals surface area contributed by atoms with Crippen molar-refractivity contribution in [2.24, 2.45) is 34.1 Å². The number of nitrogens with zero attached hydrogens (tertiary/aromatic N) is 7. The molecule has 6 aromatic carbocycles. The Morgan fingerprint density at radius 2 is 0.797 bits per heavy atom. The van der Waals surface area contributed by atoms with E-state index in [-0.39, 0.29) is 122 Å². The van der Waals surface area contributed by atoms with Crippen molar-refractivity contribution in [2.75, 3.05) is 114 Å². The molecule has 722 valence electrons. The fourth-order valence-electron chi connectivity index (χ4n) is 17.2. The number of nitrogens with one attached hydrogen (secondary N) is 11. The van der Waals surface area contributed by atoms with Crippen LogP contribution in [0.4, 0.5) is 56.9 Å². The van der Waals surface area contributed by atoms with Gasteiger partial charge in [-0.1, -0.05) is 44.5 Å². The second-order valence-electron chi connectivity index (χ2n) is 35.2. The smallest absolute Gasteiger partial charge is 0.272 e. The van der Waals surface area contributed by atoms with Gasteiger partial charge in [0, 0.05) is 187 Å². The first kappa shape index (κ1) is 98.1. The zero-order valence-corrected chi connectivity index (χ0v) is 78.7. The van der Waals surface area contributed by atoms with Crippen LogP contribution in [0.2, 0.25) is 0 Å². The Bertz CT molecular complexity index is 6230. The van der Waals surface area contributed by atoms with Crippen molar-refractivity contribution >= 4 is 134 Å². The summed E-state index contributed by atoms with van der Waals surface area (Å²) in [5.41, 5.74) is 17.4. The van der Waals surface area contributed by atoms with Gasteiger partial charge in [0.1, 0.15) is 34.9 Å². The first-order valence-corrected chi connectivity index (χ1v) is 46.3. The molecule has 0 aliphatic carbocycles. The molecule has 5 aliphatic heterocycles. The highest BCUT2D eigenvalue weighted by Crippen LogP contribution is 2.40. The molecule has 0 spiro atoms. The van der Waals surface area contributed by atoms with E-state index >= 15 is 0 Å². The third-order valence-corrected chi connectivity index (χ3v) is 24.8. The maximum Gasteiger partial charge on any atom is 0.272 e. The number of aromatic nitrogens is 4. The van der Waals surface area contributed by atoms with E-state index in [4.69, 9.17) is 24.7 Å². The normalized spacial score (nSPS) is 15.1. The molecule has 13 N–H and O–H groups in total. The van der Waals surface area contributed by atoms with E-state index < -0.39 is 23.9 Å². The Kier molecular flexibility index (Phi) is 32.0. The first-order chi connectivity index (χ1) is 66.4. The summed E-state index contributed by atoms with van der Waals surface area (Å²) in [5.74, 6) is -2.20. The molecule has 138 heavy (non-hydrogen) atoms. The van der Waals surface area contributed by atoms with E-state index in [2.05, 4.69) is 58.5 Å². The van der Waals surface area contributed by atoms with Crippen LogP contribution in [-0.2, 0) is 61.8 Å². The van der Waals surface area contributed by atoms with Crippen molar-refractivity contribution in [3.63, 3.8) is 0 Å². The molecule has 13 amide bonds. The van der Waals surface area contributed by atoms with Crippen LogP contribution in [0.5, 0.6) is 23.0 Å². The molecule has 2 saturated heterocycles. The summed E-state index contributed by atoms with van der Waals surface area (Å²) in [6.07, 6.45) is 18.7. The van der Waals surface area contributed by atoms with Gasteiger partial charge in [0.15, 0.2) is 23.0 Å². The molecule has 0 radical (unpaired) electrons. The molecule has 4 atom stereocenters. The van der Waals surface area contributed by atoms with Gasteiger partial charge < -0.3 is 111 Å². The second kappa shape index (κ2) is 45.0. The minimum atomic E-state index is -0.950. The average molecular weight is 1880 g/mol. The minimum Gasteiger partial charge on any atom is -0.493 e. The topological polar surface area (TPSA) is 447 Å². The number of carbonyl (C=O) groups excluding carboxylic acids is 13. The zero-order valence-electron chi connectivity index (χ0n) is 78.7. The molecule has 5 aliphatic rings. The summed E-state index contributed by atoms with van der Waals surface area (Å²) >= 11 is 0. The van der Waals surface area contributed by atoms with Gasteiger partial charge in [0.25, 0.3) is 47.3 Å². The lowest BCUT2D eigenvalue weighted by molar-refractivity contribution is -0.137. The summed E-state index contributed by atoms with van der Waals surface area (Å²) in [6.45, 7) is 8.72. The molecular weight excluding hydrogens is 1760 g/mol. The summed E-state index contributed by atoms with van der Waals surface area (Å²) < 4.78 is 30.0. The molecule has 0 saturated carbocycles. The van der Waals surface area contributed by atoms with Crippen molar-refractivity contribution in [3.05, 3.63) is 216 Å². The number of aryl methyl sites for hydroxylation is 4. The maximum absolute atomic E-state index is 13.5. The van der Waals surface area contributed by atoms with Crippen LogP contribution >= 0.6 is 0 Å². The number of rotatable bonds is 36. The summed E-state index contributed by atoms with van der Waals surface area (Å²) in [7, 11) is 10.1. The maximum atomic E-state index is 13.5. The van der Waals surface area contributed by atoms with E-state index in [1.54, 1.807) is 188 Å². The Labute approximate surface area is 798 Å². The van der Waals surface area contributed by atoms with Crippen molar-refractivity contribution in [1.29, 1.82) is 0 Å². The monoisotopic (exact) mass is 1880 g/mol. The number of imide groups is 1. The highest BCUT2D eigenvalue weighted by molar-refractivity contribution is 6.13. The molecule has 10 aromatic rings. The van der Waals surface area contributed by atoms with E-state index in [1.165, 1.54) is 26.2 Å². The Hall–Kier alpha value is -15.9. The molecule has 0 bridgehead atoms. The number of piperidine rings is 2. The fourth-order valence-corrected chi connectivity index (χ4v) is 17.2. The van der Waals surface area contributed by atoms with Gasteiger partial charge in [-0.2, -0.15) is 0 Å². The third-order valence-electron chi connectivity index (χ3n) is 24.8. The Balaban J connectivity index is 0.000000236. The first-order valence-electron chi connectivity index (χ1n) is 46.3. The van der Waals surface area contributed by atoms with Gasteiger partial charge >= 0.3 is 0 Å². The van der Waals surface area contributed by atoms with E-state index in [0.29, 0.717) is 153 Å². The number of hydrogen-bond donors (Lipinski definition) is 12. The van der Waals surface area contributed by atoms with Crippen LogP contribution in [0.1, 0.15) is 173 Å². The van der Waals surface area contributed by atoms with Crippen molar-refractivity contribution in [2.45, 2.75) is 135 Å². The number of anilines is 10. The number of methoxy groups -OCH3 is 2. The van der Waals surface area contributed by atoms with Gasteiger partial charge in [0.2, 0.25) is 29.5 Å². The van der Waals surface area contributed by atoms with Crippen molar-refractivity contribution in [1.82, 2.24) is 43.6 Å². The van der Waals surface area contributed by atoms with E-state index in [9.17, 15) is 62.3 Å². The average Bonchev–Trinajstić information content (AvgIpc) is 1.63. The zero-order chi connectivity index (χ0) is 98.0. The number of unbranched alkanes of at least 4 members (excludes halogenated alkanes) is 2. The molecular formula is C102H117N19O17. The van der Waals surface area contributed by atoms with E-state index in [1.807, 2.05) is 59.6 Å². The molecule has 15 rings (SSSR count). The highest BCUT2D eigenvalue weighted by atomic mass is 16.5. The summed E-state index contributed by atoms with van der Waals surface area (Å²) in [5, 5.41) is 32.4. The second-order valence-corrected chi connectivity index (χ2v) is 35.2. The number of carbonyl (C=O) groups is 13. The van der Waals surface area contributed by atoms with Gasteiger partial charge in [0.05, 0.1) is 61.3 Å². The summed E-state index contributed by atoms with van der Waals surface area (Å²) in [4.78, 5) is 173. The van der Waals surface area contributed by atoms with Gasteiger partial charge in [-0.05, 0) is 197 Å². The number of nitrogens with two attached hydrogens (primary N) is 1. The minimum absolute atomic E-state index is 0.00517. The molecule has 0 unspecified atom stereocenters. The molecule has 36 heteroatoms. The summed E-state index contributed by atoms with van der Waals surface area (Å²) in [6, 6.07) is 40.3. The number of fused-ring (bicyclic) bond motifs is 4. The van der Waals surface area contributed by atoms with Crippen LogP contribution in [0.15, 0.2) is 183 Å². The number of nitrogen functional groups attached to an aromatic ring is 1. The highest BCUT2D eigenvalue weighted by Gasteiger charge is 2.36. The van der Waals surface area contributed by atoms with Gasteiger partial charge in [-0.25, -0.2) is 0 Å². The lowest BCUT2D eigenvalue weighted by Crippen LogP contribution is -2.53.